The maximum Gasteiger partial charge on any atom is -0.0224 e. The van der Waals surface area contributed by atoms with Crippen LogP contribution in [0.2, 0.25) is 0 Å². The van der Waals surface area contributed by atoms with E-state index in [1.807, 2.05) is 13.8 Å². The largest absolute Gasteiger partial charge is 0.0811 e. The van der Waals surface area contributed by atoms with Gasteiger partial charge >= 0.3 is 0 Å². The third-order valence-electron chi connectivity index (χ3n) is 3.84. The van der Waals surface area contributed by atoms with Gasteiger partial charge in [-0.2, -0.15) is 0 Å². The van der Waals surface area contributed by atoms with E-state index in [0.717, 1.165) is 17.8 Å². The molecule has 106 valence electrons. The van der Waals surface area contributed by atoms with Gasteiger partial charge in [0.05, 0.1) is 0 Å². The second kappa shape index (κ2) is 10.4. The molecule has 0 amide bonds. The maximum atomic E-state index is 2.34. The Morgan fingerprint density at radius 2 is 1.67 bits per heavy atom. The van der Waals surface area contributed by atoms with Gasteiger partial charge in [0.15, 0.2) is 0 Å². The zero-order valence-electron chi connectivity index (χ0n) is 13.5. The molecule has 0 heterocycles. The van der Waals surface area contributed by atoms with Gasteiger partial charge in [0.2, 0.25) is 0 Å². The van der Waals surface area contributed by atoms with Crippen molar-refractivity contribution in [3.8, 4) is 0 Å². The molecule has 1 fully saturated rings. The highest BCUT2D eigenvalue weighted by Gasteiger charge is 2.17. The molecule has 0 radical (unpaired) electrons. The molecule has 0 aromatic heterocycles. The monoisotopic (exact) mass is 250 g/mol. The number of hydrogen-bond acceptors (Lipinski definition) is 0. The van der Waals surface area contributed by atoms with Crippen molar-refractivity contribution in [1.82, 2.24) is 0 Å². The fourth-order valence-corrected chi connectivity index (χ4v) is 2.46. The van der Waals surface area contributed by atoms with E-state index >= 15 is 0 Å². The van der Waals surface area contributed by atoms with Crippen LogP contribution in [0.4, 0.5) is 0 Å². The Morgan fingerprint density at radius 3 is 1.94 bits per heavy atom. The van der Waals surface area contributed by atoms with Gasteiger partial charge in [-0.05, 0) is 31.1 Å². The first-order valence-corrected chi connectivity index (χ1v) is 7.94. The summed E-state index contributed by atoms with van der Waals surface area (Å²) in [6, 6.07) is 0. The summed E-state index contributed by atoms with van der Waals surface area (Å²) >= 11 is 0. The molecule has 2 aliphatic rings. The van der Waals surface area contributed by atoms with Crippen molar-refractivity contribution in [2.24, 2.45) is 17.8 Å². The number of hydrogen-bond donors (Lipinski definition) is 0. The van der Waals surface area contributed by atoms with Gasteiger partial charge in [0.25, 0.3) is 0 Å². The molecule has 0 saturated heterocycles. The molecule has 1 saturated carbocycles. The SMILES string of the molecule is CC.CC(C)C1CCCC1.CC1=CCC(C)C=C1. The van der Waals surface area contributed by atoms with E-state index in [1.165, 1.54) is 37.7 Å². The maximum absolute atomic E-state index is 2.34. The molecule has 0 spiro atoms. The lowest BCUT2D eigenvalue weighted by atomic mass is 9.95. The van der Waals surface area contributed by atoms with Gasteiger partial charge < -0.3 is 0 Å². The second-order valence-corrected chi connectivity index (χ2v) is 5.81. The molecule has 0 heteroatoms. The summed E-state index contributed by atoms with van der Waals surface area (Å²) < 4.78 is 0. The molecule has 0 nitrogen and oxygen atoms in total. The highest BCUT2D eigenvalue weighted by atomic mass is 14.2. The average Bonchev–Trinajstić information content (AvgIpc) is 2.90. The van der Waals surface area contributed by atoms with Gasteiger partial charge in [-0.25, -0.2) is 0 Å². The summed E-state index contributed by atoms with van der Waals surface area (Å²) in [5.74, 6) is 2.77. The highest BCUT2D eigenvalue weighted by Crippen LogP contribution is 2.30. The summed E-state index contributed by atoms with van der Waals surface area (Å²) in [4.78, 5) is 0. The van der Waals surface area contributed by atoms with Crippen LogP contribution in [-0.2, 0) is 0 Å². The first kappa shape index (κ1) is 17.5. The molecule has 0 N–H and O–H groups in total. The van der Waals surface area contributed by atoms with Gasteiger partial charge in [-0.15, -0.1) is 0 Å². The molecule has 2 rings (SSSR count). The Balaban J connectivity index is 0.000000283. The summed E-state index contributed by atoms with van der Waals surface area (Å²) in [5.41, 5.74) is 1.41. The Bertz CT molecular complexity index is 239. The van der Waals surface area contributed by atoms with Crippen LogP contribution in [0.5, 0.6) is 0 Å². The first-order valence-electron chi connectivity index (χ1n) is 7.94. The van der Waals surface area contributed by atoms with E-state index in [2.05, 4.69) is 45.9 Å². The van der Waals surface area contributed by atoms with Crippen LogP contribution in [0, 0.1) is 17.8 Å². The van der Waals surface area contributed by atoms with Gasteiger partial charge in [-0.1, -0.05) is 84.1 Å². The zero-order valence-corrected chi connectivity index (χ0v) is 13.5. The summed E-state index contributed by atoms with van der Waals surface area (Å²) in [6.07, 6.45) is 13.9. The topological polar surface area (TPSA) is 0 Å². The molecular weight excluding hydrogens is 216 g/mol. The van der Waals surface area contributed by atoms with E-state index < -0.39 is 0 Å². The lowest BCUT2D eigenvalue weighted by molar-refractivity contribution is 0.396. The van der Waals surface area contributed by atoms with Crippen molar-refractivity contribution in [2.75, 3.05) is 0 Å². The third-order valence-corrected chi connectivity index (χ3v) is 3.84. The molecule has 0 aliphatic heterocycles. The zero-order chi connectivity index (χ0) is 14.0. The van der Waals surface area contributed by atoms with Crippen molar-refractivity contribution in [3.63, 3.8) is 0 Å². The smallest absolute Gasteiger partial charge is 0.0224 e. The van der Waals surface area contributed by atoms with Crippen LogP contribution in [0.3, 0.4) is 0 Å². The minimum Gasteiger partial charge on any atom is -0.0811 e. The van der Waals surface area contributed by atoms with Crippen molar-refractivity contribution in [1.29, 1.82) is 0 Å². The third kappa shape index (κ3) is 7.74. The predicted octanol–water partition coefficient (Wildman–Crippen LogP) is 6.39. The van der Waals surface area contributed by atoms with Gasteiger partial charge in [-0.3, -0.25) is 0 Å². The Hall–Kier alpha value is -0.520. The van der Waals surface area contributed by atoms with Crippen molar-refractivity contribution in [2.45, 2.75) is 73.6 Å². The molecule has 0 aromatic rings. The lowest BCUT2D eigenvalue weighted by Gasteiger charge is -2.11. The lowest BCUT2D eigenvalue weighted by Crippen LogP contribution is -2.01. The van der Waals surface area contributed by atoms with Crippen LogP contribution >= 0.6 is 0 Å². The average molecular weight is 250 g/mol. The molecule has 0 bridgehead atoms. The predicted molar refractivity (Wildman–Crippen MR) is 84.8 cm³/mol. The van der Waals surface area contributed by atoms with Crippen molar-refractivity contribution >= 4 is 0 Å². The summed E-state index contributed by atoms with van der Waals surface area (Å²) in [7, 11) is 0. The van der Waals surface area contributed by atoms with E-state index in [4.69, 9.17) is 0 Å². The van der Waals surface area contributed by atoms with Crippen LogP contribution in [0.25, 0.3) is 0 Å². The quantitative estimate of drug-likeness (QED) is 0.506. The highest BCUT2D eigenvalue weighted by molar-refractivity contribution is 5.20. The van der Waals surface area contributed by atoms with E-state index in [0.29, 0.717) is 0 Å². The van der Waals surface area contributed by atoms with Gasteiger partial charge in [0.1, 0.15) is 0 Å². The minimum atomic E-state index is 0.763. The van der Waals surface area contributed by atoms with Crippen LogP contribution in [0.15, 0.2) is 23.8 Å². The summed E-state index contributed by atoms with van der Waals surface area (Å²) in [6.45, 7) is 13.1. The normalized spacial score (nSPS) is 22.8. The standard InChI is InChI=1S/C8H12.C8H16.C2H6/c1-7-3-5-8(2)6-4-7;1-7(2)8-5-3-4-6-8;1-2/h3-5,8H,6H2,1-2H3;7-8H,3-6H2,1-2H3;1-2H3. The molecule has 2 aliphatic carbocycles. The summed E-state index contributed by atoms with van der Waals surface area (Å²) in [5, 5.41) is 0. The van der Waals surface area contributed by atoms with Gasteiger partial charge in [0, 0.05) is 0 Å². The minimum absolute atomic E-state index is 0.763. The van der Waals surface area contributed by atoms with E-state index in [-0.39, 0.29) is 0 Å². The molecular formula is C18H34. The Labute approximate surface area is 116 Å². The molecule has 1 unspecified atom stereocenters. The van der Waals surface area contributed by atoms with Crippen LogP contribution in [-0.4, -0.2) is 0 Å². The molecule has 1 atom stereocenters. The van der Waals surface area contributed by atoms with Crippen LogP contribution in [0.1, 0.15) is 73.6 Å². The number of rotatable bonds is 1. The van der Waals surface area contributed by atoms with Crippen LogP contribution < -0.4 is 0 Å². The second-order valence-electron chi connectivity index (χ2n) is 5.81. The molecule has 0 aromatic carbocycles. The first-order chi connectivity index (χ1) is 8.59. The van der Waals surface area contributed by atoms with Crippen molar-refractivity contribution < 1.29 is 0 Å². The van der Waals surface area contributed by atoms with E-state index in [9.17, 15) is 0 Å². The molecule has 18 heavy (non-hydrogen) atoms. The number of allylic oxidation sites excluding steroid dienone is 4. The Kier molecular flexibility index (Phi) is 10.1. The van der Waals surface area contributed by atoms with E-state index in [1.54, 1.807) is 0 Å². The Morgan fingerprint density at radius 1 is 1.11 bits per heavy atom. The fourth-order valence-electron chi connectivity index (χ4n) is 2.46. The fraction of sp³-hybridized carbons (Fsp3) is 0.778. The van der Waals surface area contributed by atoms with Crippen molar-refractivity contribution in [3.05, 3.63) is 23.8 Å².